The second kappa shape index (κ2) is 10.3. The van der Waals surface area contributed by atoms with E-state index < -0.39 is 12.1 Å². The fraction of sp³-hybridized carbons (Fsp3) is 0.550. The molecule has 10 nitrogen and oxygen atoms in total. The van der Waals surface area contributed by atoms with Gasteiger partial charge in [0, 0.05) is 55.8 Å². The number of halogens is 3. The predicted octanol–water partition coefficient (Wildman–Crippen LogP) is 1.94. The average molecular weight is 469 g/mol. The van der Waals surface area contributed by atoms with Gasteiger partial charge >= 0.3 is 12.1 Å². The lowest BCUT2D eigenvalue weighted by Crippen LogP contribution is -2.34. The summed E-state index contributed by atoms with van der Waals surface area (Å²) >= 11 is 0. The van der Waals surface area contributed by atoms with E-state index in [-0.39, 0.29) is 6.61 Å². The predicted molar refractivity (Wildman–Crippen MR) is 111 cm³/mol. The molecule has 0 unspecified atom stereocenters. The summed E-state index contributed by atoms with van der Waals surface area (Å²) in [5.74, 6) is -2.76. The monoisotopic (exact) mass is 469 g/mol. The van der Waals surface area contributed by atoms with Crippen molar-refractivity contribution in [3.8, 4) is 0 Å². The number of alkyl halides is 3. The molecule has 0 atom stereocenters. The van der Waals surface area contributed by atoms with Gasteiger partial charge in [0.05, 0.1) is 17.9 Å². The molecule has 3 aromatic rings. The number of hydrogen-bond acceptors (Lipinski definition) is 7. The first-order valence-corrected chi connectivity index (χ1v) is 10.4. The molecule has 1 aliphatic rings. The maximum absolute atomic E-state index is 10.6. The Morgan fingerprint density at radius 3 is 2.52 bits per heavy atom. The van der Waals surface area contributed by atoms with Crippen molar-refractivity contribution >= 4 is 11.6 Å². The van der Waals surface area contributed by atoms with Crippen LogP contribution in [0.15, 0.2) is 18.5 Å². The SMILES string of the molecule is Cc1cc(C)n2ncc(CN3CCC(n4cc(CCO)nn4)CC3)c2n1.O=C(O)C(F)(F)F. The van der Waals surface area contributed by atoms with Crippen LogP contribution < -0.4 is 0 Å². The molecule has 180 valence electrons. The summed E-state index contributed by atoms with van der Waals surface area (Å²) in [7, 11) is 0. The number of aliphatic carboxylic acids is 1. The third kappa shape index (κ3) is 6.26. The van der Waals surface area contributed by atoms with Crippen LogP contribution in [-0.4, -0.2) is 76.5 Å². The number of likely N-dealkylation sites (tertiary alicyclic amines) is 1. The zero-order chi connectivity index (χ0) is 24.2. The Labute approximate surface area is 187 Å². The molecule has 1 aliphatic heterocycles. The van der Waals surface area contributed by atoms with Gasteiger partial charge in [-0.3, -0.25) is 4.90 Å². The largest absolute Gasteiger partial charge is 0.490 e. The van der Waals surface area contributed by atoms with Crippen molar-refractivity contribution in [3.63, 3.8) is 0 Å². The lowest BCUT2D eigenvalue weighted by molar-refractivity contribution is -0.192. The average Bonchev–Trinajstić information content (AvgIpc) is 3.36. The smallest absolute Gasteiger partial charge is 0.475 e. The summed E-state index contributed by atoms with van der Waals surface area (Å²) in [5.41, 5.74) is 5.15. The van der Waals surface area contributed by atoms with Crippen molar-refractivity contribution in [3.05, 3.63) is 41.1 Å². The van der Waals surface area contributed by atoms with Crippen LogP contribution >= 0.6 is 0 Å². The van der Waals surface area contributed by atoms with E-state index in [0.717, 1.165) is 55.2 Å². The van der Waals surface area contributed by atoms with Gasteiger partial charge in [0.2, 0.25) is 0 Å². The minimum absolute atomic E-state index is 0.115. The molecule has 0 aliphatic carbocycles. The molecule has 0 spiro atoms. The van der Waals surface area contributed by atoms with Gasteiger partial charge in [-0.1, -0.05) is 5.21 Å². The molecule has 4 rings (SSSR count). The van der Waals surface area contributed by atoms with E-state index in [9.17, 15) is 13.2 Å². The molecule has 0 radical (unpaired) electrons. The van der Waals surface area contributed by atoms with Gasteiger partial charge in [0.15, 0.2) is 5.65 Å². The van der Waals surface area contributed by atoms with E-state index in [1.807, 2.05) is 28.5 Å². The molecule has 3 aromatic heterocycles. The van der Waals surface area contributed by atoms with Crippen LogP contribution in [-0.2, 0) is 17.8 Å². The van der Waals surface area contributed by atoms with Crippen molar-refractivity contribution < 1.29 is 28.2 Å². The Hall–Kier alpha value is -3.06. The maximum Gasteiger partial charge on any atom is 0.490 e. The number of hydrogen-bond donors (Lipinski definition) is 2. The fourth-order valence-corrected chi connectivity index (χ4v) is 3.73. The summed E-state index contributed by atoms with van der Waals surface area (Å²) in [6.45, 7) is 7.11. The standard InChI is InChI=1S/C18H25N7O.C2HF3O2/c1-13-9-14(2)25-18(20-13)15(10-19-25)11-23-6-3-17(4-7-23)24-12-16(5-8-26)21-22-24;3-2(4,5)1(6)7/h9-10,12,17,26H,3-8,11H2,1-2H3;(H,6,7). The van der Waals surface area contributed by atoms with Crippen molar-refractivity contribution in [1.82, 2.24) is 34.5 Å². The van der Waals surface area contributed by atoms with E-state index in [1.165, 1.54) is 5.56 Å². The summed E-state index contributed by atoms with van der Waals surface area (Å²) in [4.78, 5) is 16.0. The summed E-state index contributed by atoms with van der Waals surface area (Å²) in [6, 6.07) is 2.44. The van der Waals surface area contributed by atoms with E-state index in [2.05, 4.69) is 38.3 Å². The molecule has 33 heavy (non-hydrogen) atoms. The zero-order valence-corrected chi connectivity index (χ0v) is 18.3. The highest BCUT2D eigenvalue weighted by Crippen LogP contribution is 2.24. The van der Waals surface area contributed by atoms with E-state index >= 15 is 0 Å². The highest BCUT2D eigenvalue weighted by Gasteiger charge is 2.38. The lowest BCUT2D eigenvalue weighted by Gasteiger charge is -2.31. The number of piperidine rings is 1. The van der Waals surface area contributed by atoms with Gasteiger partial charge in [-0.2, -0.15) is 18.3 Å². The van der Waals surface area contributed by atoms with Crippen LogP contribution in [0.4, 0.5) is 13.2 Å². The Kier molecular flexibility index (Phi) is 7.64. The highest BCUT2D eigenvalue weighted by molar-refractivity contribution is 5.73. The number of aliphatic hydroxyl groups is 1. The van der Waals surface area contributed by atoms with Gasteiger partial charge in [0.1, 0.15) is 0 Å². The van der Waals surface area contributed by atoms with Crippen LogP contribution in [0.2, 0.25) is 0 Å². The van der Waals surface area contributed by atoms with Crippen molar-refractivity contribution in [2.24, 2.45) is 0 Å². The molecule has 0 amide bonds. The van der Waals surface area contributed by atoms with E-state index in [0.29, 0.717) is 12.5 Å². The molecule has 1 fully saturated rings. The van der Waals surface area contributed by atoms with Crippen LogP contribution in [0.25, 0.3) is 5.65 Å². The van der Waals surface area contributed by atoms with Crippen molar-refractivity contribution in [1.29, 1.82) is 0 Å². The number of aliphatic hydroxyl groups excluding tert-OH is 1. The zero-order valence-electron chi connectivity index (χ0n) is 18.3. The molecule has 0 aromatic carbocycles. The summed E-state index contributed by atoms with van der Waals surface area (Å²) < 4.78 is 35.6. The molecule has 0 saturated carbocycles. The number of fused-ring (bicyclic) bond motifs is 1. The van der Waals surface area contributed by atoms with Gasteiger partial charge < -0.3 is 10.2 Å². The minimum Gasteiger partial charge on any atom is -0.475 e. The number of rotatable bonds is 5. The molecule has 2 N–H and O–H groups in total. The number of carboxylic acids is 1. The second-order valence-corrected chi connectivity index (χ2v) is 7.92. The maximum atomic E-state index is 10.6. The first-order valence-electron chi connectivity index (χ1n) is 10.4. The minimum atomic E-state index is -5.08. The third-order valence-electron chi connectivity index (χ3n) is 5.34. The Morgan fingerprint density at radius 2 is 1.91 bits per heavy atom. The molecule has 4 heterocycles. The fourth-order valence-electron chi connectivity index (χ4n) is 3.73. The normalized spacial score (nSPS) is 15.5. The summed E-state index contributed by atoms with van der Waals surface area (Å²) in [5, 5.41) is 29.0. The van der Waals surface area contributed by atoms with E-state index in [4.69, 9.17) is 15.0 Å². The number of aromatic nitrogens is 6. The molecule has 13 heteroatoms. The van der Waals surface area contributed by atoms with Crippen LogP contribution in [0.5, 0.6) is 0 Å². The quantitative estimate of drug-likeness (QED) is 0.582. The molecular formula is C20H26F3N7O3. The first kappa shape index (κ1) is 24.6. The third-order valence-corrected chi connectivity index (χ3v) is 5.34. The molecular weight excluding hydrogens is 443 g/mol. The number of carboxylic acid groups (broad SMARTS) is 1. The van der Waals surface area contributed by atoms with Crippen molar-refractivity contribution in [2.75, 3.05) is 19.7 Å². The van der Waals surface area contributed by atoms with Crippen LogP contribution in [0.1, 0.15) is 41.5 Å². The molecule has 0 bridgehead atoms. The number of aryl methyl sites for hydroxylation is 2. The molecule has 1 saturated heterocycles. The summed E-state index contributed by atoms with van der Waals surface area (Å²) in [6.07, 6.45) is 1.50. The van der Waals surface area contributed by atoms with Crippen LogP contribution in [0.3, 0.4) is 0 Å². The van der Waals surface area contributed by atoms with E-state index in [1.54, 1.807) is 0 Å². The number of nitrogens with zero attached hydrogens (tertiary/aromatic N) is 7. The first-order chi connectivity index (χ1) is 15.6. The second-order valence-electron chi connectivity index (χ2n) is 7.92. The highest BCUT2D eigenvalue weighted by atomic mass is 19.4. The Morgan fingerprint density at radius 1 is 1.24 bits per heavy atom. The lowest BCUT2D eigenvalue weighted by atomic mass is 10.0. The van der Waals surface area contributed by atoms with Gasteiger partial charge in [-0.15, -0.1) is 5.10 Å². The Bertz CT molecular complexity index is 1090. The van der Waals surface area contributed by atoms with Crippen molar-refractivity contribution in [2.45, 2.75) is 51.9 Å². The van der Waals surface area contributed by atoms with Gasteiger partial charge in [-0.05, 0) is 32.8 Å². The Balaban J connectivity index is 0.000000383. The van der Waals surface area contributed by atoms with Gasteiger partial charge in [-0.25, -0.2) is 19.0 Å². The van der Waals surface area contributed by atoms with Crippen LogP contribution in [0, 0.1) is 13.8 Å². The number of carbonyl (C=O) groups is 1. The topological polar surface area (TPSA) is 122 Å². The van der Waals surface area contributed by atoms with Gasteiger partial charge in [0.25, 0.3) is 0 Å².